The van der Waals surface area contributed by atoms with Gasteiger partial charge in [0.2, 0.25) is 5.91 Å². The molecule has 0 fully saturated rings. The zero-order chi connectivity index (χ0) is 25.8. The molecule has 0 unspecified atom stereocenters. The average molecular weight is 490 g/mol. The highest BCUT2D eigenvalue weighted by Crippen LogP contribution is 2.13. The minimum atomic E-state index is -0.805. The van der Waals surface area contributed by atoms with Gasteiger partial charge >= 0.3 is 0 Å². The quantitative estimate of drug-likeness (QED) is 0.344. The molecule has 0 saturated heterocycles. The van der Waals surface area contributed by atoms with Gasteiger partial charge in [-0.3, -0.25) is 9.59 Å². The zero-order valence-electron chi connectivity index (χ0n) is 20.9. The third-order valence-corrected chi connectivity index (χ3v) is 5.72. The van der Waals surface area contributed by atoms with E-state index < -0.39 is 12.1 Å². The molecule has 0 bridgehead atoms. The van der Waals surface area contributed by atoms with E-state index in [-0.39, 0.29) is 18.4 Å². The molecular formula is C29H35N3O4. The van der Waals surface area contributed by atoms with Gasteiger partial charge in [0.15, 0.2) is 0 Å². The van der Waals surface area contributed by atoms with Crippen LogP contribution in [-0.4, -0.2) is 67.8 Å². The van der Waals surface area contributed by atoms with Gasteiger partial charge in [0.1, 0.15) is 18.4 Å². The Morgan fingerprint density at radius 3 is 1.97 bits per heavy atom. The first-order valence-electron chi connectivity index (χ1n) is 12.1. The third-order valence-electron chi connectivity index (χ3n) is 5.72. The van der Waals surface area contributed by atoms with Gasteiger partial charge in [0.25, 0.3) is 5.91 Å². The summed E-state index contributed by atoms with van der Waals surface area (Å²) in [4.78, 5) is 28.3. The van der Waals surface area contributed by atoms with Crippen LogP contribution >= 0.6 is 0 Å². The van der Waals surface area contributed by atoms with Crippen LogP contribution < -0.4 is 15.4 Å². The molecule has 0 heterocycles. The van der Waals surface area contributed by atoms with Crippen molar-refractivity contribution in [3.8, 4) is 5.75 Å². The SMILES string of the molecule is CN(C)CCOc1ccc(C(=O)N[C@@H](Cc2ccccc2)C(=O)N[C@H](CO)Cc2ccccc2)cc1. The van der Waals surface area contributed by atoms with Crippen LogP contribution in [0, 0.1) is 0 Å². The third kappa shape index (κ3) is 8.83. The molecule has 190 valence electrons. The summed E-state index contributed by atoms with van der Waals surface area (Å²) in [6, 6.07) is 24.8. The van der Waals surface area contributed by atoms with Crippen molar-refractivity contribution in [1.82, 2.24) is 15.5 Å². The smallest absolute Gasteiger partial charge is 0.251 e. The lowest BCUT2D eigenvalue weighted by molar-refractivity contribution is -0.124. The molecule has 0 aliphatic rings. The Balaban J connectivity index is 1.67. The average Bonchev–Trinajstić information content (AvgIpc) is 2.89. The molecule has 0 aromatic heterocycles. The number of aliphatic hydroxyl groups excluding tert-OH is 1. The molecule has 2 amide bonds. The van der Waals surface area contributed by atoms with Crippen molar-refractivity contribution in [1.29, 1.82) is 0 Å². The maximum Gasteiger partial charge on any atom is 0.251 e. The molecular weight excluding hydrogens is 454 g/mol. The Morgan fingerprint density at radius 2 is 1.42 bits per heavy atom. The second-order valence-electron chi connectivity index (χ2n) is 8.97. The van der Waals surface area contributed by atoms with Crippen molar-refractivity contribution in [3.05, 3.63) is 102 Å². The van der Waals surface area contributed by atoms with Crippen molar-refractivity contribution in [2.24, 2.45) is 0 Å². The lowest BCUT2D eigenvalue weighted by Crippen LogP contribution is -2.52. The fourth-order valence-corrected chi connectivity index (χ4v) is 3.71. The van der Waals surface area contributed by atoms with Gasteiger partial charge in [-0.2, -0.15) is 0 Å². The number of nitrogens with one attached hydrogen (secondary N) is 2. The number of carbonyl (C=O) groups excluding carboxylic acids is 2. The number of benzene rings is 3. The summed E-state index contributed by atoms with van der Waals surface area (Å²) in [7, 11) is 3.95. The number of rotatable bonds is 13. The van der Waals surface area contributed by atoms with Gasteiger partial charge in [-0.05, 0) is 55.9 Å². The standard InChI is InChI=1S/C29H35N3O4/c1-32(2)17-18-36-26-15-13-24(14-16-26)28(34)31-27(20-23-11-7-4-8-12-23)29(35)30-25(21-33)19-22-9-5-3-6-10-22/h3-16,25,27,33H,17-21H2,1-2H3,(H,30,35)(H,31,34)/t25-,27-/m0/s1. The first kappa shape index (κ1) is 26.9. The lowest BCUT2D eigenvalue weighted by atomic mass is 10.0. The summed E-state index contributed by atoms with van der Waals surface area (Å²) in [6.45, 7) is 1.13. The van der Waals surface area contributed by atoms with Gasteiger partial charge in [0.05, 0.1) is 12.6 Å². The van der Waals surface area contributed by atoms with E-state index in [9.17, 15) is 14.7 Å². The minimum Gasteiger partial charge on any atom is -0.492 e. The van der Waals surface area contributed by atoms with Crippen molar-refractivity contribution in [3.63, 3.8) is 0 Å². The number of amides is 2. The summed E-state index contributed by atoms with van der Waals surface area (Å²) >= 11 is 0. The van der Waals surface area contributed by atoms with Gasteiger partial charge in [0, 0.05) is 18.5 Å². The van der Waals surface area contributed by atoms with Crippen molar-refractivity contribution < 1.29 is 19.4 Å². The normalized spacial score (nSPS) is 12.6. The van der Waals surface area contributed by atoms with E-state index in [0.717, 1.165) is 17.7 Å². The molecule has 36 heavy (non-hydrogen) atoms. The Bertz CT molecular complexity index is 1070. The summed E-state index contributed by atoms with van der Waals surface area (Å²) < 4.78 is 5.69. The lowest BCUT2D eigenvalue weighted by Gasteiger charge is -2.23. The number of likely N-dealkylation sites (N-methyl/N-ethyl adjacent to an activating group) is 1. The molecule has 2 atom stereocenters. The van der Waals surface area contributed by atoms with Gasteiger partial charge in [-0.25, -0.2) is 0 Å². The fourth-order valence-electron chi connectivity index (χ4n) is 3.71. The number of hydrogen-bond donors (Lipinski definition) is 3. The van der Waals surface area contributed by atoms with Crippen LogP contribution in [0.15, 0.2) is 84.9 Å². The summed E-state index contributed by atoms with van der Waals surface area (Å²) in [5.74, 6) is -0.0148. The van der Waals surface area contributed by atoms with Crippen molar-refractivity contribution in [2.45, 2.75) is 24.9 Å². The first-order valence-corrected chi connectivity index (χ1v) is 12.1. The predicted molar refractivity (Wildman–Crippen MR) is 141 cm³/mol. The van der Waals surface area contributed by atoms with Crippen LogP contribution in [0.2, 0.25) is 0 Å². The molecule has 3 N–H and O–H groups in total. The zero-order valence-corrected chi connectivity index (χ0v) is 20.9. The van der Waals surface area contributed by atoms with Crippen LogP contribution in [0.5, 0.6) is 5.75 Å². The van der Waals surface area contributed by atoms with E-state index in [0.29, 0.717) is 30.8 Å². The van der Waals surface area contributed by atoms with Crippen LogP contribution in [0.25, 0.3) is 0 Å². The molecule has 7 nitrogen and oxygen atoms in total. The molecule has 3 rings (SSSR count). The number of carbonyl (C=O) groups is 2. The molecule has 0 radical (unpaired) electrons. The molecule has 0 spiro atoms. The molecule has 3 aromatic carbocycles. The van der Waals surface area contributed by atoms with E-state index in [4.69, 9.17) is 4.74 Å². The fraction of sp³-hybridized carbons (Fsp3) is 0.310. The van der Waals surface area contributed by atoms with Gasteiger partial charge < -0.3 is 25.4 Å². The van der Waals surface area contributed by atoms with Gasteiger partial charge in [-0.1, -0.05) is 60.7 Å². The number of hydrogen-bond acceptors (Lipinski definition) is 5. The second kappa shape index (κ2) is 14.0. The van der Waals surface area contributed by atoms with Crippen LogP contribution in [0.1, 0.15) is 21.5 Å². The summed E-state index contributed by atoms with van der Waals surface area (Å²) in [6.07, 6.45) is 0.817. The maximum atomic E-state index is 13.2. The number of aliphatic hydroxyl groups is 1. The predicted octanol–water partition coefficient (Wildman–Crippen LogP) is 2.69. The van der Waals surface area contributed by atoms with Crippen LogP contribution in [-0.2, 0) is 17.6 Å². The molecule has 0 saturated carbocycles. The van der Waals surface area contributed by atoms with E-state index in [1.807, 2.05) is 79.7 Å². The first-order chi connectivity index (χ1) is 17.4. The monoisotopic (exact) mass is 489 g/mol. The largest absolute Gasteiger partial charge is 0.492 e. The highest BCUT2D eigenvalue weighted by atomic mass is 16.5. The molecule has 0 aliphatic carbocycles. The molecule has 0 aliphatic heterocycles. The Hall–Kier alpha value is -3.68. The summed E-state index contributed by atoms with van der Waals surface area (Å²) in [5, 5.41) is 15.6. The molecule has 7 heteroatoms. The number of nitrogens with zero attached hydrogens (tertiary/aromatic N) is 1. The van der Waals surface area contributed by atoms with Crippen LogP contribution in [0.4, 0.5) is 0 Å². The van der Waals surface area contributed by atoms with Crippen molar-refractivity contribution in [2.75, 3.05) is 33.9 Å². The Kier molecular flexibility index (Phi) is 10.5. The Morgan fingerprint density at radius 1 is 0.833 bits per heavy atom. The highest BCUT2D eigenvalue weighted by Gasteiger charge is 2.24. The van der Waals surface area contributed by atoms with E-state index >= 15 is 0 Å². The minimum absolute atomic E-state index is 0.206. The number of ether oxygens (including phenoxy) is 1. The van der Waals surface area contributed by atoms with Crippen LogP contribution in [0.3, 0.4) is 0 Å². The van der Waals surface area contributed by atoms with E-state index in [1.54, 1.807) is 24.3 Å². The molecule has 3 aromatic rings. The maximum absolute atomic E-state index is 13.2. The Labute approximate surface area is 213 Å². The van der Waals surface area contributed by atoms with Crippen molar-refractivity contribution >= 4 is 11.8 Å². The van der Waals surface area contributed by atoms with E-state index in [1.165, 1.54) is 0 Å². The van der Waals surface area contributed by atoms with E-state index in [2.05, 4.69) is 10.6 Å². The summed E-state index contributed by atoms with van der Waals surface area (Å²) in [5.41, 5.74) is 2.36. The van der Waals surface area contributed by atoms with Gasteiger partial charge in [-0.15, -0.1) is 0 Å². The second-order valence-corrected chi connectivity index (χ2v) is 8.97. The highest BCUT2D eigenvalue weighted by molar-refractivity contribution is 5.97. The topological polar surface area (TPSA) is 90.9 Å².